The molecule has 3 aromatic heterocycles. The molecular weight excluding hydrogens is 627 g/mol. The zero-order chi connectivity index (χ0) is 33.5. The van der Waals surface area contributed by atoms with Crippen LogP contribution in [0.1, 0.15) is 0 Å². The average molecular weight is 654 g/mol. The van der Waals surface area contributed by atoms with Crippen LogP contribution in [0.25, 0.3) is 94.5 Å². The first-order chi connectivity index (χ1) is 25.3. The van der Waals surface area contributed by atoms with Crippen molar-refractivity contribution in [1.82, 2.24) is 14.5 Å². The number of furan rings is 1. The fourth-order valence-corrected chi connectivity index (χ4v) is 7.67. The number of para-hydroxylation sites is 3. The first-order valence-corrected chi connectivity index (χ1v) is 17.1. The summed E-state index contributed by atoms with van der Waals surface area (Å²) in [5.41, 5.74) is 11.9. The summed E-state index contributed by atoms with van der Waals surface area (Å²) in [7, 11) is 0. The second-order valence-electron chi connectivity index (χ2n) is 13.0. The molecule has 0 amide bonds. The van der Waals surface area contributed by atoms with Crippen molar-refractivity contribution in [3.63, 3.8) is 0 Å². The molecule has 0 N–H and O–H groups in total. The van der Waals surface area contributed by atoms with E-state index >= 15 is 0 Å². The molecule has 0 saturated carbocycles. The highest BCUT2D eigenvalue weighted by Gasteiger charge is 2.24. The first kappa shape index (κ1) is 27.9. The summed E-state index contributed by atoms with van der Waals surface area (Å²) in [4.78, 5) is 10.3. The Hall–Kier alpha value is -6.98. The van der Waals surface area contributed by atoms with E-state index in [9.17, 15) is 0 Å². The van der Waals surface area contributed by atoms with Crippen LogP contribution in [0.2, 0.25) is 0 Å². The predicted molar refractivity (Wildman–Crippen MR) is 205 cm³/mol. The first-order valence-electron chi connectivity index (χ1n) is 17.1. The fraction of sp³-hybridized carbons (Fsp3) is 0. The second kappa shape index (κ2) is 10.8. The molecule has 4 heterocycles. The summed E-state index contributed by atoms with van der Waals surface area (Å²) >= 11 is 0. The number of hydrogen-bond donors (Lipinski definition) is 0. The van der Waals surface area contributed by atoms with Crippen molar-refractivity contribution in [2.24, 2.45) is 0 Å². The van der Waals surface area contributed by atoms with Gasteiger partial charge in [0, 0.05) is 38.2 Å². The number of fused-ring (bicyclic) bond motifs is 8. The van der Waals surface area contributed by atoms with Gasteiger partial charge in [-0.15, -0.1) is 0 Å². The Morgan fingerprint density at radius 2 is 1.12 bits per heavy atom. The monoisotopic (exact) mass is 653 g/mol. The molecule has 51 heavy (non-hydrogen) atoms. The standard InChI is InChI=1S/C46H27N3O2/c1-3-11-28(12-4-1)36-27-37(29-13-5-2-6-14-29)48-46(47-36)33-16-10-19-42-44(33)35-26-31(22-24-40(35)50-42)30-21-23-38-34(25-30)32-15-9-20-43-45(32)49(38)39-17-7-8-18-41(39)51-43/h1-27H. The minimum Gasteiger partial charge on any atom is -0.456 e. The Morgan fingerprint density at radius 1 is 0.451 bits per heavy atom. The maximum atomic E-state index is 6.46. The van der Waals surface area contributed by atoms with Crippen LogP contribution in [-0.4, -0.2) is 14.5 Å². The van der Waals surface area contributed by atoms with Crippen LogP contribution >= 0.6 is 0 Å². The lowest BCUT2D eigenvalue weighted by atomic mass is 9.99. The lowest BCUT2D eigenvalue weighted by Crippen LogP contribution is -2.03. The zero-order valence-corrected chi connectivity index (χ0v) is 27.2. The van der Waals surface area contributed by atoms with E-state index in [1.807, 2.05) is 66.7 Å². The normalized spacial score (nSPS) is 12.1. The SMILES string of the molecule is c1ccc(-c2cc(-c3ccccc3)nc(-c3cccc4oc5ccc(-c6ccc7c(c6)c6cccc8c6n7-c6ccccc6O8)cc5c34)n2)cc1. The van der Waals surface area contributed by atoms with Crippen molar-refractivity contribution in [2.45, 2.75) is 0 Å². The molecule has 0 atom stereocenters. The minimum atomic E-state index is 0.659. The zero-order valence-electron chi connectivity index (χ0n) is 27.2. The Balaban J connectivity index is 1.10. The molecule has 5 nitrogen and oxygen atoms in total. The minimum absolute atomic E-state index is 0.659. The van der Waals surface area contributed by atoms with Crippen LogP contribution < -0.4 is 4.74 Å². The van der Waals surface area contributed by atoms with Crippen molar-refractivity contribution in [1.29, 1.82) is 0 Å². The highest BCUT2D eigenvalue weighted by atomic mass is 16.5. The molecule has 0 unspecified atom stereocenters. The summed E-state index contributed by atoms with van der Waals surface area (Å²) in [6.07, 6.45) is 0. The van der Waals surface area contributed by atoms with Crippen molar-refractivity contribution in [2.75, 3.05) is 0 Å². The van der Waals surface area contributed by atoms with Gasteiger partial charge in [-0.3, -0.25) is 0 Å². The van der Waals surface area contributed by atoms with E-state index < -0.39 is 0 Å². The van der Waals surface area contributed by atoms with Gasteiger partial charge in [0.15, 0.2) is 17.3 Å². The van der Waals surface area contributed by atoms with E-state index in [-0.39, 0.29) is 0 Å². The molecule has 7 aromatic carbocycles. The number of ether oxygens (including phenoxy) is 1. The molecule has 238 valence electrons. The summed E-state index contributed by atoms with van der Waals surface area (Å²) in [5.74, 6) is 2.39. The van der Waals surface area contributed by atoms with Gasteiger partial charge in [-0.1, -0.05) is 109 Å². The Kier molecular flexibility index (Phi) is 5.89. The van der Waals surface area contributed by atoms with Gasteiger partial charge in [-0.2, -0.15) is 0 Å². The Labute approximate surface area is 292 Å². The van der Waals surface area contributed by atoms with Gasteiger partial charge in [-0.25, -0.2) is 9.97 Å². The van der Waals surface area contributed by atoms with Gasteiger partial charge < -0.3 is 13.7 Å². The lowest BCUT2D eigenvalue weighted by molar-refractivity contribution is 0.476. The molecule has 0 spiro atoms. The summed E-state index contributed by atoms with van der Waals surface area (Å²) in [6.45, 7) is 0. The third-order valence-corrected chi connectivity index (χ3v) is 10.0. The van der Waals surface area contributed by atoms with Crippen LogP contribution in [0.4, 0.5) is 0 Å². The topological polar surface area (TPSA) is 53.1 Å². The van der Waals surface area contributed by atoms with Crippen LogP contribution in [-0.2, 0) is 0 Å². The Morgan fingerprint density at radius 3 is 1.90 bits per heavy atom. The maximum absolute atomic E-state index is 6.46. The van der Waals surface area contributed by atoms with E-state index in [1.165, 1.54) is 10.8 Å². The quantitative estimate of drug-likeness (QED) is 0.190. The smallest absolute Gasteiger partial charge is 0.161 e. The number of nitrogens with zero attached hydrogens (tertiary/aromatic N) is 3. The van der Waals surface area contributed by atoms with Gasteiger partial charge in [0.05, 0.1) is 28.1 Å². The molecule has 0 bridgehead atoms. The van der Waals surface area contributed by atoms with Crippen molar-refractivity contribution >= 4 is 43.7 Å². The average Bonchev–Trinajstić information content (AvgIpc) is 3.75. The molecule has 11 rings (SSSR count). The summed E-state index contributed by atoms with van der Waals surface area (Å²) < 4.78 is 15.1. The fourth-order valence-electron chi connectivity index (χ4n) is 7.67. The molecular formula is C46H27N3O2. The predicted octanol–water partition coefficient (Wildman–Crippen LogP) is 12.2. The van der Waals surface area contributed by atoms with E-state index in [4.69, 9.17) is 19.1 Å². The molecule has 1 aliphatic rings. The van der Waals surface area contributed by atoms with E-state index in [2.05, 4.69) is 102 Å². The molecule has 1 aliphatic heterocycles. The van der Waals surface area contributed by atoms with Gasteiger partial charge in [0.25, 0.3) is 0 Å². The molecule has 0 saturated heterocycles. The van der Waals surface area contributed by atoms with Crippen molar-refractivity contribution < 1.29 is 9.15 Å². The highest BCUT2D eigenvalue weighted by Crippen LogP contribution is 2.46. The van der Waals surface area contributed by atoms with Crippen LogP contribution in [0, 0.1) is 0 Å². The highest BCUT2D eigenvalue weighted by molar-refractivity contribution is 6.15. The van der Waals surface area contributed by atoms with E-state index in [1.54, 1.807) is 0 Å². The second-order valence-corrected chi connectivity index (χ2v) is 13.0. The Bertz CT molecular complexity index is 2940. The number of hydrogen-bond acceptors (Lipinski definition) is 4. The largest absolute Gasteiger partial charge is 0.456 e. The van der Waals surface area contributed by atoms with Crippen molar-refractivity contribution in [3.05, 3.63) is 164 Å². The lowest BCUT2D eigenvalue weighted by Gasteiger charge is -2.20. The third-order valence-electron chi connectivity index (χ3n) is 10.0. The van der Waals surface area contributed by atoms with Crippen LogP contribution in [0.15, 0.2) is 168 Å². The molecule has 0 radical (unpaired) electrons. The molecule has 0 aliphatic carbocycles. The summed E-state index contributed by atoms with van der Waals surface area (Å²) in [6, 6.07) is 56.5. The van der Waals surface area contributed by atoms with Crippen LogP contribution in [0.3, 0.4) is 0 Å². The molecule has 0 fully saturated rings. The molecule has 10 aromatic rings. The van der Waals surface area contributed by atoms with Gasteiger partial charge in [-0.05, 0) is 65.7 Å². The number of aromatic nitrogens is 3. The van der Waals surface area contributed by atoms with Gasteiger partial charge >= 0.3 is 0 Å². The van der Waals surface area contributed by atoms with Gasteiger partial charge in [0.2, 0.25) is 0 Å². The maximum Gasteiger partial charge on any atom is 0.161 e. The molecule has 5 heteroatoms. The van der Waals surface area contributed by atoms with Crippen molar-refractivity contribution in [3.8, 4) is 62.2 Å². The summed E-state index contributed by atoms with van der Waals surface area (Å²) in [5, 5.41) is 4.38. The van der Waals surface area contributed by atoms with E-state index in [0.29, 0.717) is 5.82 Å². The third kappa shape index (κ3) is 4.28. The van der Waals surface area contributed by atoms with E-state index in [0.717, 1.165) is 89.4 Å². The number of benzene rings is 7. The van der Waals surface area contributed by atoms with Crippen LogP contribution in [0.5, 0.6) is 11.5 Å². The van der Waals surface area contributed by atoms with Gasteiger partial charge in [0.1, 0.15) is 11.2 Å². The number of rotatable bonds is 4.